The highest BCUT2D eigenvalue weighted by Gasteiger charge is 2.31. The molecule has 1 aromatic carbocycles. The topological polar surface area (TPSA) is 44.5 Å². The van der Waals surface area contributed by atoms with Crippen LogP contribution < -0.4 is 5.73 Å². The summed E-state index contributed by atoms with van der Waals surface area (Å²) in [6.07, 6.45) is 1.56. The number of nitrogens with two attached hydrogens (primary N) is 1. The van der Waals surface area contributed by atoms with Crippen LogP contribution in [0.25, 0.3) is 0 Å². The highest BCUT2D eigenvalue weighted by molar-refractivity contribution is 6.30. The Hall–Kier alpha value is -0.610. The van der Waals surface area contributed by atoms with E-state index in [4.69, 9.17) is 26.8 Å². The Morgan fingerprint density at radius 3 is 2.19 bits per heavy atom. The summed E-state index contributed by atoms with van der Waals surface area (Å²) in [6.45, 7) is 0.613. The summed E-state index contributed by atoms with van der Waals surface area (Å²) in [7, 11) is 3.27. The normalized spacial score (nSPS) is 11.8. The minimum atomic E-state index is -0.718. The van der Waals surface area contributed by atoms with Crippen LogP contribution in [0, 0.1) is 0 Å². The SMILES string of the molecule is COC(CCCN)(OC)c1ccc(Cl)cc1. The van der Waals surface area contributed by atoms with Crippen LogP contribution in [-0.4, -0.2) is 20.8 Å². The van der Waals surface area contributed by atoms with Gasteiger partial charge < -0.3 is 15.2 Å². The van der Waals surface area contributed by atoms with Crippen molar-refractivity contribution in [3.8, 4) is 0 Å². The van der Waals surface area contributed by atoms with Crippen molar-refractivity contribution >= 4 is 11.6 Å². The van der Waals surface area contributed by atoms with E-state index in [0.29, 0.717) is 11.6 Å². The Morgan fingerprint density at radius 1 is 1.19 bits per heavy atom. The summed E-state index contributed by atoms with van der Waals surface area (Å²) < 4.78 is 11.0. The van der Waals surface area contributed by atoms with E-state index in [1.165, 1.54) is 0 Å². The molecule has 0 saturated heterocycles. The maximum atomic E-state index is 5.85. The lowest BCUT2D eigenvalue weighted by molar-refractivity contribution is -0.220. The third-order valence-corrected chi connectivity index (χ3v) is 2.91. The first kappa shape index (κ1) is 13.5. The maximum absolute atomic E-state index is 5.85. The number of hydrogen-bond acceptors (Lipinski definition) is 3. The molecule has 1 rings (SSSR count). The van der Waals surface area contributed by atoms with Gasteiger partial charge in [-0.15, -0.1) is 0 Å². The van der Waals surface area contributed by atoms with E-state index in [9.17, 15) is 0 Å². The predicted octanol–water partition coefficient (Wildman–Crippen LogP) is 2.52. The Balaban J connectivity index is 2.95. The fraction of sp³-hybridized carbons (Fsp3) is 0.500. The number of methoxy groups -OCH3 is 2. The molecule has 0 unspecified atom stereocenters. The first-order chi connectivity index (χ1) is 7.68. The maximum Gasteiger partial charge on any atom is 0.194 e. The van der Waals surface area contributed by atoms with Gasteiger partial charge >= 0.3 is 0 Å². The van der Waals surface area contributed by atoms with Gasteiger partial charge in [0, 0.05) is 31.2 Å². The van der Waals surface area contributed by atoms with Gasteiger partial charge in [-0.05, 0) is 25.1 Å². The number of benzene rings is 1. The van der Waals surface area contributed by atoms with Gasteiger partial charge in [0.25, 0.3) is 0 Å². The van der Waals surface area contributed by atoms with Crippen LogP contribution in [0.1, 0.15) is 18.4 Å². The van der Waals surface area contributed by atoms with E-state index in [-0.39, 0.29) is 0 Å². The van der Waals surface area contributed by atoms with E-state index in [1.54, 1.807) is 14.2 Å². The summed E-state index contributed by atoms with van der Waals surface area (Å²) in [4.78, 5) is 0. The van der Waals surface area contributed by atoms with Gasteiger partial charge in [-0.3, -0.25) is 0 Å². The lowest BCUT2D eigenvalue weighted by atomic mass is 10.0. The van der Waals surface area contributed by atoms with Gasteiger partial charge in [0.2, 0.25) is 0 Å². The smallest absolute Gasteiger partial charge is 0.194 e. The zero-order chi connectivity index (χ0) is 12.0. The summed E-state index contributed by atoms with van der Waals surface area (Å²) >= 11 is 5.85. The van der Waals surface area contributed by atoms with Crippen molar-refractivity contribution < 1.29 is 9.47 Å². The van der Waals surface area contributed by atoms with Crippen LogP contribution in [0.15, 0.2) is 24.3 Å². The second-order valence-corrected chi connectivity index (χ2v) is 4.00. The highest BCUT2D eigenvalue weighted by Crippen LogP contribution is 2.31. The monoisotopic (exact) mass is 243 g/mol. The molecule has 0 aliphatic rings. The molecule has 0 radical (unpaired) electrons. The average Bonchev–Trinajstić information content (AvgIpc) is 2.33. The van der Waals surface area contributed by atoms with E-state index in [0.717, 1.165) is 18.4 Å². The van der Waals surface area contributed by atoms with Crippen molar-refractivity contribution in [2.75, 3.05) is 20.8 Å². The van der Waals surface area contributed by atoms with Crippen molar-refractivity contribution in [1.29, 1.82) is 0 Å². The van der Waals surface area contributed by atoms with E-state index >= 15 is 0 Å². The number of hydrogen-bond donors (Lipinski definition) is 1. The molecule has 0 amide bonds. The molecule has 0 fully saturated rings. The minimum absolute atomic E-state index is 0.613. The zero-order valence-electron chi connectivity index (χ0n) is 9.70. The summed E-state index contributed by atoms with van der Waals surface area (Å²) in [6, 6.07) is 7.47. The molecule has 0 aromatic heterocycles. The molecule has 0 bridgehead atoms. The van der Waals surface area contributed by atoms with E-state index in [1.807, 2.05) is 24.3 Å². The second kappa shape index (κ2) is 6.21. The van der Waals surface area contributed by atoms with Gasteiger partial charge in [-0.25, -0.2) is 0 Å². The molecule has 1 aromatic rings. The molecule has 2 N–H and O–H groups in total. The van der Waals surface area contributed by atoms with Crippen LogP contribution in [0.5, 0.6) is 0 Å². The molecule has 16 heavy (non-hydrogen) atoms. The molecule has 3 nitrogen and oxygen atoms in total. The van der Waals surface area contributed by atoms with E-state index < -0.39 is 5.79 Å². The lowest BCUT2D eigenvalue weighted by Gasteiger charge is -2.31. The number of halogens is 1. The van der Waals surface area contributed by atoms with Crippen molar-refractivity contribution in [1.82, 2.24) is 0 Å². The zero-order valence-corrected chi connectivity index (χ0v) is 10.5. The largest absolute Gasteiger partial charge is 0.349 e. The first-order valence-electron chi connectivity index (χ1n) is 5.25. The highest BCUT2D eigenvalue weighted by atomic mass is 35.5. The van der Waals surface area contributed by atoms with Crippen LogP contribution in [0.2, 0.25) is 5.02 Å². The summed E-state index contributed by atoms with van der Waals surface area (Å²) in [5, 5.41) is 0.698. The summed E-state index contributed by atoms with van der Waals surface area (Å²) in [5.74, 6) is -0.718. The third-order valence-electron chi connectivity index (χ3n) is 2.65. The second-order valence-electron chi connectivity index (χ2n) is 3.56. The average molecular weight is 244 g/mol. The molecule has 0 atom stereocenters. The van der Waals surface area contributed by atoms with Crippen LogP contribution in [0.3, 0.4) is 0 Å². The first-order valence-corrected chi connectivity index (χ1v) is 5.62. The standard InChI is InChI=1S/C12H18ClNO2/c1-15-12(16-2,8-3-9-14)10-4-6-11(13)7-5-10/h4-7H,3,8-9,14H2,1-2H3. The molecule has 0 saturated carbocycles. The van der Waals surface area contributed by atoms with Crippen LogP contribution >= 0.6 is 11.6 Å². The molecule has 0 spiro atoms. The van der Waals surface area contributed by atoms with Gasteiger partial charge in [0.15, 0.2) is 5.79 Å². The Kier molecular flexibility index (Phi) is 5.22. The van der Waals surface area contributed by atoms with Crippen molar-refractivity contribution in [3.05, 3.63) is 34.9 Å². The van der Waals surface area contributed by atoms with Gasteiger partial charge in [0.1, 0.15) is 0 Å². The predicted molar refractivity (Wildman–Crippen MR) is 65.4 cm³/mol. The van der Waals surface area contributed by atoms with E-state index in [2.05, 4.69) is 0 Å². The molecule has 0 aliphatic heterocycles. The molecular weight excluding hydrogens is 226 g/mol. The quantitative estimate of drug-likeness (QED) is 0.781. The Bertz CT molecular complexity index is 309. The number of rotatable bonds is 6. The number of ether oxygens (including phenoxy) is 2. The van der Waals surface area contributed by atoms with Crippen molar-refractivity contribution in [3.63, 3.8) is 0 Å². The van der Waals surface area contributed by atoms with Gasteiger partial charge in [0.05, 0.1) is 0 Å². The third kappa shape index (κ3) is 2.95. The molecule has 0 heterocycles. The van der Waals surface area contributed by atoms with Crippen molar-refractivity contribution in [2.24, 2.45) is 5.73 Å². The fourth-order valence-corrected chi connectivity index (χ4v) is 1.83. The van der Waals surface area contributed by atoms with Gasteiger partial charge in [-0.1, -0.05) is 23.7 Å². The minimum Gasteiger partial charge on any atom is -0.349 e. The molecular formula is C12H18ClNO2. The molecule has 90 valence electrons. The van der Waals surface area contributed by atoms with Crippen molar-refractivity contribution in [2.45, 2.75) is 18.6 Å². The van der Waals surface area contributed by atoms with Crippen LogP contribution in [-0.2, 0) is 15.3 Å². The Morgan fingerprint density at radius 2 is 1.75 bits per heavy atom. The molecule has 0 aliphatic carbocycles. The van der Waals surface area contributed by atoms with Gasteiger partial charge in [-0.2, -0.15) is 0 Å². The van der Waals surface area contributed by atoms with Crippen LogP contribution in [0.4, 0.5) is 0 Å². The fourth-order valence-electron chi connectivity index (χ4n) is 1.71. The Labute approximate surface area is 101 Å². The molecule has 4 heteroatoms. The summed E-state index contributed by atoms with van der Waals surface area (Å²) in [5.41, 5.74) is 6.47. The lowest BCUT2D eigenvalue weighted by Crippen LogP contribution is -2.31.